The van der Waals surface area contributed by atoms with E-state index in [4.69, 9.17) is 4.52 Å². The molecule has 11 heteroatoms. The van der Waals surface area contributed by atoms with E-state index < -0.39 is 10.0 Å². The molecule has 158 valence electrons. The Bertz CT molecular complexity index is 1150. The SMILES string of the molecule is CCc1cc(C(=O)N2CCN(S(=O)(=O)c3cn(C)nc3-c3ccncc3)CC2)no1. The number of aryl methyl sites for hydroxylation is 2. The van der Waals surface area contributed by atoms with Crippen LogP contribution >= 0.6 is 0 Å². The summed E-state index contributed by atoms with van der Waals surface area (Å²) < 4.78 is 34.6. The van der Waals surface area contributed by atoms with E-state index in [0.717, 1.165) is 0 Å². The van der Waals surface area contributed by atoms with E-state index in [1.54, 1.807) is 42.5 Å². The van der Waals surface area contributed by atoms with Crippen molar-refractivity contribution in [2.24, 2.45) is 7.05 Å². The van der Waals surface area contributed by atoms with Crippen molar-refractivity contribution in [3.63, 3.8) is 0 Å². The number of sulfonamides is 1. The maximum Gasteiger partial charge on any atom is 0.276 e. The van der Waals surface area contributed by atoms with E-state index in [9.17, 15) is 13.2 Å². The summed E-state index contributed by atoms with van der Waals surface area (Å²) in [4.78, 5) is 18.3. The van der Waals surface area contributed by atoms with Crippen LogP contribution in [0.1, 0.15) is 23.2 Å². The molecule has 4 heterocycles. The highest BCUT2D eigenvalue weighted by molar-refractivity contribution is 7.89. The summed E-state index contributed by atoms with van der Waals surface area (Å²) in [5.41, 5.74) is 1.30. The zero-order valence-corrected chi connectivity index (χ0v) is 17.5. The molecule has 3 aromatic heterocycles. The van der Waals surface area contributed by atoms with Crippen molar-refractivity contribution in [2.75, 3.05) is 26.2 Å². The van der Waals surface area contributed by atoms with Crippen molar-refractivity contribution in [2.45, 2.75) is 18.2 Å². The number of pyridine rings is 1. The summed E-state index contributed by atoms with van der Waals surface area (Å²) in [6.45, 7) is 2.85. The van der Waals surface area contributed by atoms with Crippen LogP contribution in [-0.4, -0.2) is 69.6 Å². The van der Waals surface area contributed by atoms with Gasteiger partial charge in [-0.1, -0.05) is 12.1 Å². The van der Waals surface area contributed by atoms with Gasteiger partial charge in [-0.05, 0) is 12.1 Å². The molecule has 0 N–H and O–H groups in total. The van der Waals surface area contributed by atoms with E-state index in [0.29, 0.717) is 23.4 Å². The van der Waals surface area contributed by atoms with Gasteiger partial charge >= 0.3 is 0 Å². The maximum absolute atomic E-state index is 13.3. The molecule has 0 bridgehead atoms. The van der Waals surface area contributed by atoms with Gasteiger partial charge in [-0.25, -0.2) is 8.42 Å². The smallest absolute Gasteiger partial charge is 0.276 e. The highest BCUT2D eigenvalue weighted by atomic mass is 32.2. The van der Waals surface area contributed by atoms with Crippen molar-refractivity contribution in [3.05, 3.63) is 48.2 Å². The molecule has 1 saturated heterocycles. The standard InChI is InChI=1S/C19H22N6O4S/c1-3-15-12-16(22-29-15)19(26)24-8-10-25(11-9-24)30(27,28)17-13-23(2)21-18(17)14-4-6-20-7-5-14/h4-7,12-13H,3,8-11H2,1-2H3. The van der Waals surface area contributed by atoms with Crippen LogP contribution in [0.25, 0.3) is 11.3 Å². The van der Waals surface area contributed by atoms with Crippen LogP contribution in [0, 0.1) is 0 Å². The molecule has 1 aliphatic rings. The molecule has 0 aromatic carbocycles. The number of hydrogen-bond donors (Lipinski definition) is 0. The zero-order valence-electron chi connectivity index (χ0n) is 16.7. The van der Waals surface area contributed by atoms with E-state index in [1.807, 2.05) is 6.92 Å². The fourth-order valence-electron chi connectivity index (χ4n) is 3.38. The Labute approximate surface area is 174 Å². The number of carbonyl (C=O) groups excluding carboxylic acids is 1. The molecule has 4 rings (SSSR count). The Morgan fingerprint density at radius 3 is 2.50 bits per heavy atom. The lowest BCUT2D eigenvalue weighted by atomic mass is 10.2. The average Bonchev–Trinajstić information content (AvgIpc) is 3.41. The molecule has 0 spiro atoms. The third kappa shape index (κ3) is 3.73. The van der Waals surface area contributed by atoms with Crippen LogP contribution in [0.2, 0.25) is 0 Å². The lowest BCUT2D eigenvalue weighted by molar-refractivity contribution is 0.0687. The molecule has 0 aliphatic carbocycles. The topological polar surface area (TPSA) is 114 Å². The molecule has 0 radical (unpaired) electrons. The fourth-order valence-corrected chi connectivity index (χ4v) is 4.99. The van der Waals surface area contributed by atoms with Gasteiger partial charge in [0.2, 0.25) is 10.0 Å². The molecule has 1 aliphatic heterocycles. The summed E-state index contributed by atoms with van der Waals surface area (Å²) in [5.74, 6) is 0.383. The molecule has 0 saturated carbocycles. The van der Waals surface area contributed by atoms with E-state index in [-0.39, 0.29) is 42.7 Å². The van der Waals surface area contributed by atoms with Gasteiger partial charge in [-0.3, -0.25) is 14.5 Å². The summed E-state index contributed by atoms with van der Waals surface area (Å²) in [6.07, 6.45) is 5.35. The number of aromatic nitrogens is 4. The molecule has 0 atom stereocenters. The number of amides is 1. The second-order valence-corrected chi connectivity index (χ2v) is 8.89. The lowest BCUT2D eigenvalue weighted by Gasteiger charge is -2.33. The Kier molecular flexibility index (Phi) is 5.39. The molecule has 1 fully saturated rings. The first-order valence-electron chi connectivity index (χ1n) is 9.59. The highest BCUT2D eigenvalue weighted by Gasteiger charge is 2.34. The summed E-state index contributed by atoms with van der Waals surface area (Å²) in [6, 6.07) is 5.07. The number of hydrogen-bond acceptors (Lipinski definition) is 7. The van der Waals surface area contributed by atoms with Gasteiger partial charge in [0.15, 0.2) is 5.69 Å². The lowest BCUT2D eigenvalue weighted by Crippen LogP contribution is -2.50. The predicted octanol–water partition coefficient (Wildman–Crippen LogP) is 1.18. The van der Waals surface area contributed by atoms with Crippen molar-refractivity contribution >= 4 is 15.9 Å². The van der Waals surface area contributed by atoms with Gasteiger partial charge in [-0.2, -0.15) is 9.40 Å². The monoisotopic (exact) mass is 430 g/mol. The minimum atomic E-state index is -3.78. The Hall–Kier alpha value is -3.05. The molecule has 10 nitrogen and oxygen atoms in total. The Balaban J connectivity index is 1.52. The van der Waals surface area contributed by atoms with E-state index in [1.165, 1.54) is 15.2 Å². The number of piperazine rings is 1. The summed E-state index contributed by atoms with van der Waals surface area (Å²) in [5, 5.41) is 8.15. The molecular weight excluding hydrogens is 408 g/mol. The third-order valence-electron chi connectivity index (χ3n) is 5.02. The molecule has 30 heavy (non-hydrogen) atoms. The Morgan fingerprint density at radius 1 is 1.17 bits per heavy atom. The van der Waals surface area contributed by atoms with Crippen LogP contribution in [0.4, 0.5) is 0 Å². The van der Waals surface area contributed by atoms with Crippen molar-refractivity contribution in [1.82, 2.24) is 29.1 Å². The maximum atomic E-state index is 13.3. The normalized spacial score (nSPS) is 15.5. The minimum absolute atomic E-state index is 0.139. The van der Waals surface area contributed by atoms with Crippen molar-refractivity contribution in [3.8, 4) is 11.3 Å². The number of carbonyl (C=O) groups is 1. The van der Waals surface area contributed by atoms with Gasteiger partial charge in [0.05, 0.1) is 0 Å². The van der Waals surface area contributed by atoms with Gasteiger partial charge in [0, 0.05) is 69.9 Å². The fraction of sp³-hybridized carbons (Fsp3) is 0.368. The quantitative estimate of drug-likeness (QED) is 0.597. The van der Waals surface area contributed by atoms with Crippen LogP contribution in [0.15, 0.2) is 46.2 Å². The van der Waals surface area contributed by atoms with Crippen LogP contribution in [0.3, 0.4) is 0 Å². The van der Waals surface area contributed by atoms with E-state index >= 15 is 0 Å². The first-order chi connectivity index (χ1) is 14.4. The second-order valence-electron chi connectivity index (χ2n) is 6.98. The van der Waals surface area contributed by atoms with Gasteiger partial charge in [-0.15, -0.1) is 0 Å². The summed E-state index contributed by atoms with van der Waals surface area (Å²) >= 11 is 0. The first kappa shape index (κ1) is 20.2. The van der Waals surface area contributed by atoms with Gasteiger partial charge < -0.3 is 9.42 Å². The second kappa shape index (κ2) is 8.00. The molecule has 3 aromatic rings. The van der Waals surface area contributed by atoms with Crippen molar-refractivity contribution < 1.29 is 17.7 Å². The predicted molar refractivity (Wildman–Crippen MR) is 107 cm³/mol. The van der Waals surface area contributed by atoms with Crippen LogP contribution in [0.5, 0.6) is 0 Å². The number of rotatable bonds is 5. The van der Waals surface area contributed by atoms with Crippen LogP contribution in [-0.2, 0) is 23.5 Å². The minimum Gasteiger partial charge on any atom is -0.361 e. The average molecular weight is 430 g/mol. The first-order valence-corrected chi connectivity index (χ1v) is 11.0. The van der Waals surface area contributed by atoms with Gasteiger partial charge in [0.25, 0.3) is 5.91 Å². The highest BCUT2D eigenvalue weighted by Crippen LogP contribution is 2.28. The third-order valence-corrected chi connectivity index (χ3v) is 6.92. The van der Waals surface area contributed by atoms with Crippen molar-refractivity contribution in [1.29, 1.82) is 0 Å². The zero-order chi connectivity index (χ0) is 21.3. The summed E-state index contributed by atoms with van der Waals surface area (Å²) in [7, 11) is -2.09. The molecule has 1 amide bonds. The molecule has 0 unspecified atom stereocenters. The number of nitrogens with zero attached hydrogens (tertiary/aromatic N) is 6. The largest absolute Gasteiger partial charge is 0.361 e. The Morgan fingerprint density at radius 2 is 1.87 bits per heavy atom. The van der Waals surface area contributed by atoms with Crippen LogP contribution < -0.4 is 0 Å². The van der Waals surface area contributed by atoms with Gasteiger partial charge in [0.1, 0.15) is 16.3 Å². The molecular formula is C19H22N6O4S. The van der Waals surface area contributed by atoms with E-state index in [2.05, 4.69) is 15.2 Å².